The van der Waals surface area contributed by atoms with Gasteiger partial charge in [-0.15, -0.1) is 0 Å². The summed E-state index contributed by atoms with van der Waals surface area (Å²) < 4.78 is 1.72. The van der Waals surface area contributed by atoms with E-state index in [0.717, 1.165) is 37.3 Å². The summed E-state index contributed by atoms with van der Waals surface area (Å²) in [6.07, 6.45) is 2.98. The van der Waals surface area contributed by atoms with Gasteiger partial charge in [-0.3, -0.25) is 10.1 Å². The van der Waals surface area contributed by atoms with E-state index in [-0.39, 0.29) is 10.6 Å². The van der Waals surface area contributed by atoms with E-state index >= 15 is 0 Å². The van der Waals surface area contributed by atoms with Crippen LogP contribution in [0.1, 0.15) is 43.9 Å². The zero-order chi connectivity index (χ0) is 15.7. The molecule has 0 spiro atoms. The molecule has 0 radical (unpaired) electrons. The SMILES string of the molecule is CCC(CC)c1nn(-c2ccccc2[N+](=O)[O-])c2c1CCN2. The van der Waals surface area contributed by atoms with Crippen LogP contribution in [0.4, 0.5) is 11.5 Å². The monoisotopic (exact) mass is 300 g/mol. The number of nitrogens with zero attached hydrogens (tertiary/aromatic N) is 3. The molecule has 2 heterocycles. The number of aromatic nitrogens is 2. The summed E-state index contributed by atoms with van der Waals surface area (Å²) in [6.45, 7) is 5.18. The van der Waals surface area contributed by atoms with Crippen molar-refractivity contribution in [2.45, 2.75) is 39.0 Å². The number of nitro benzene ring substituents is 1. The minimum Gasteiger partial charge on any atom is -0.369 e. The van der Waals surface area contributed by atoms with E-state index in [1.165, 1.54) is 11.6 Å². The Kier molecular flexibility index (Phi) is 3.83. The van der Waals surface area contributed by atoms with E-state index in [4.69, 9.17) is 5.10 Å². The van der Waals surface area contributed by atoms with Crippen LogP contribution in [-0.2, 0) is 6.42 Å². The van der Waals surface area contributed by atoms with E-state index in [0.29, 0.717) is 11.6 Å². The zero-order valence-corrected chi connectivity index (χ0v) is 12.9. The molecule has 116 valence electrons. The fraction of sp³-hybridized carbons (Fsp3) is 0.438. The summed E-state index contributed by atoms with van der Waals surface area (Å²) in [5.41, 5.74) is 2.91. The first-order valence-corrected chi connectivity index (χ1v) is 7.76. The Morgan fingerprint density at radius 2 is 2.09 bits per heavy atom. The molecule has 0 aliphatic carbocycles. The highest BCUT2D eigenvalue weighted by atomic mass is 16.6. The van der Waals surface area contributed by atoms with Crippen LogP contribution < -0.4 is 5.32 Å². The number of hydrogen-bond donors (Lipinski definition) is 1. The lowest BCUT2D eigenvalue weighted by atomic mass is 9.96. The van der Waals surface area contributed by atoms with Gasteiger partial charge in [0.15, 0.2) is 0 Å². The van der Waals surface area contributed by atoms with Crippen LogP contribution in [0.15, 0.2) is 24.3 Å². The molecule has 3 rings (SSSR count). The fourth-order valence-corrected chi connectivity index (χ4v) is 3.18. The minimum atomic E-state index is -0.352. The van der Waals surface area contributed by atoms with E-state index in [2.05, 4.69) is 19.2 Å². The van der Waals surface area contributed by atoms with Gasteiger partial charge in [0.25, 0.3) is 5.69 Å². The molecule has 6 heteroatoms. The van der Waals surface area contributed by atoms with Crippen molar-refractivity contribution in [1.29, 1.82) is 0 Å². The van der Waals surface area contributed by atoms with Crippen molar-refractivity contribution < 1.29 is 4.92 Å². The first-order chi connectivity index (χ1) is 10.7. The first kappa shape index (κ1) is 14.6. The molecular weight excluding hydrogens is 280 g/mol. The molecule has 1 aliphatic rings. The molecule has 0 saturated carbocycles. The average molecular weight is 300 g/mol. The van der Waals surface area contributed by atoms with Crippen LogP contribution in [0, 0.1) is 10.1 Å². The second-order valence-corrected chi connectivity index (χ2v) is 5.56. The summed E-state index contributed by atoms with van der Waals surface area (Å²) in [7, 11) is 0. The lowest BCUT2D eigenvalue weighted by Gasteiger charge is -2.10. The molecule has 2 aromatic rings. The Hall–Kier alpha value is -2.37. The number of fused-ring (bicyclic) bond motifs is 1. The molecule has 0 amide bonds. The van der Waals surface area contributed by atoms with Crippen LogP contribution in [0.2, 0.25) is 0 Å². The van der Waals surface area contributed by atoms with Crippen molar-refractivity contribution in [2.75, 3.05) is 11.9 Å². The second-order valence-electron chi connectivity index (χ2n) is 5.56. The zero-order valence-electron chi connectivity index (χ0n) is 12.9. The van der Waals surface area contributed by atoms with E-state index in [1.807, 2.05) is 6.07 Å². The molecule has 1 aromatic carbocycles. The van der Waals surface area contributed by atoms with Crippen LogP contribution >= 0.6 is 0 Å². The van der Waals surface area contributed by atoms with Crippen LogP contribution in [-0.4, -0.2) is 21.2 Å². The second kappa shape index (κ2) is 5.79. The molecular formula is C16H20N4O2. The van der Waals surface area contributed by atoms with Gasteiger partial charge < -0.3 is 5.32 Å². The molecule has 0 atom stereocenters. The number of anilines is 1. The third-order valence-corrected chi connectivity index (χ3v) is 4.36. The highest BCUT2D eigenvalue weighted by molar-refractivity contribution is 5.62. The number of benzene rings is 1. The average Bonchev–Trinajstić information content (AvgIpc) is 3.12. The van der Waals surface area contributed by atoms with Crippen LogP contribution in [0.25, 0.3) is 5.69 Å². The molecule has 0 bridgehead atoms. The lowest BCUT2D eigenvalue weighted by Crippen LogP contribution is -2.08. The normalized spacial score (nSPS) is 13.2. The van der Waals surface area contributed by atoms with Gasteiger partial charge in [0.2, 0.25) is 0 Å². The maximum atomic E-state index is 11.3. The standard InChI is InChI=1S/C16H20N4O2/c1-3-11(4-2)15-12-9-10-17-16(12)19(18-15)13-7-5-6-8-14(13)20(21)22/h5-8,11,17H,3-4,9-10H2,1-2H3. The molecule has 6 nitrogen and oxygen atoms in total. The van der Waals surface area contributed by atoms with Gasteiger partial charge in [0.05, 0.1) is 10.6 Å². The van der Waals surface area contributed by atoms with E-state index < -0.39 is 0 Å². The summed E-state index contributed by atoms with van der Waals surface area (Å²) in [4.78, 5) is 10.9. The molecule has 0 saturated heterocycles. The van der Waals surface area contributed by atoms with E-state index in [1.54, 1.807) is 16.8 Å². The summed E-state index contributed by atoms with van der Waals surface area (Å²) in [5.74, 6) is 1.31. The third kappa shape index (κ3) is 2.24. The van der Waals surface area contributed by atoms with Crippen molar-refractivity contribution in [3.8, 4) is 5.69 Å². The molecule has 22 heavy (non-hydrogen) atoms. The van der Waals surface area contributed by atoms with Crippen LogP contribution in [0.3, 0.4) is 0 Å². The summed E-state index contributed by atoms with van der Waals surface area (Å²) >= 11 is 0. The number of nitro groups is 1. The summed E-state index contributed by atoms with van der Waals surface area (Å²) in [6, 6.07) is 6.76. The lowest BCUT2D eigenvalue weighted by molar-refractivity contribution is -0.384. The molecule has 1 aromatic heterocycles. The van der Waals surface area contributed by atoms with Gasteiger partial charge in [0, 0.05) is 24.1 Å². The van der Waals surface area contributed by atoms with Crippen molar-refractivity contribution in [1.82, 2.24) is 9.78 Å². The number of para-hydroxylation sites is 2. The van der Waals surface area contributed by atoms with Gasteiger partial charge >= 0.3 is 0 Å². The Bertz CT molecular complexity index is 704. The smallest absolute Gasteiger partial charge is 0.294 e. The predicted octanol–water partition coefficient (Wildman–Crippen LogP) is 3.65. The van der Waals surface area contributed by atoms with Crippen molar-refractivity contribution >= 4 is 11.5 Å². The van der Waals surface area contributed by atoms with Gasteiger partial charge in [-0.2, -0.15) is 5.10 Å². The van der Waals surface area contributed by atoms with Gasteiger partial charge in [-0.25, -0.2) is 4.68 Å². The number of rotatable bonds is 5. The first-order valence-electron chi connectivity index (χ1n) is 7.76. The van der Waals surface area contributed by atoms with Gasteiger partial charge in [0.1, 0.15) is 11.5 Å². The number of nitrogens with one attached hydrogen (secondary N) is 1. The Labute approximate surface area is 129 Å². The van der Waals surface area contributed by atoms with Crippen molar-refractivity contribution in [3.63, 3.8) is 0 Å². The maximum absolute atomic E-state index is 11.3. The quantitative estimate of drug-likeness (QED) is 0.675. The topological polar surface area (TPSA) is 73.0 Å². The fourth-order valence-electron chi connectivity index (χ4n) is 3.18. The largest absolute Gasteiger partial charge is 0.369 e. The van der Waals surface area contributed by atoms with Gasteiger partial charge in [-0.1, -0.05) is 26.0 Å². The van der Waals surface area contributed by atoms with Crippen molar-refractivity contribution in [3.05, 3.63) is 45.6 Å². The van der Waals surface area contributed by atoms with Crippen molar-refractivity contribution in [2.24, 2.45) is 0 Å². The molecule has 0 fully saturated rings. The highest BCUT2D eigenvalue weighted by Crippen LogP contribution is 2.36. The maximum Gasteiger partial charge on any atom is 0.294 e. The predicted molar refractivity (Wildman–Crippen MR) is 85.7 cm³/mol. The van der Waals surface area contributed by atoms with Gasteiger partial charge in [-0.05, 0) is 25.3 Å². The highest BCUT2D eigenvalue weighted by Gasteiger charge is 2.28. The van der Waals surface area contributed by atoms with E-state index in [9.17, 15) is 10.1 Å². The molecule has 1 N–H and O–H groups in total. The number of hydrogen-bond acceptors (Lipinski definition) is 4. The third-order valence-electron chi connectivity index (χ3n) is 4.36. The molecule has 1 aliphatic heterocycles. The molecule has 0 unspecified atom stereocenters. The Morgan fingerprint density at radius 3 is 2.77 bits per heavy atom. The summed E-state index contributed by atoms with van der Waals surface area (Å²) in [5, 5.41) is 19.4. The minimum absolute atomic E-state index is 0.0811. The van der Waals surface area contributed by atoms with Crippen LogP contribution in [0.5, 0.6) is 0 Å². The Balaban J connectivity index is 2.17. The Morgan fingerprint density at radius 1 is 1.36 bits per heavy atom.